The number of halogens is 1. The van der Waals surface area contributed by atoms with Crippen LogP contribution in [0.1, 0.15) is 25.1 Å². The summed E-state index contributed by atoms with van der Waals surface area (Å²) in [5, 5.41) is 5.86. The first-order chi connectivity index (χ1) is 10.0. The predicted molar refractivity (Wildman–Crippen MR) is 84.3 cm³/mol. The van der Waals surface area contributed by atoms with Crippen molar-refractivity contribution in [1.29, 1.82) is 0 Å². The zero-order chi connectivity index (χ0) is 15.4. The second-order valence-electron chi connectivity index (χ2n) is 4.70. The normalized spacial score (nSPS) is 10.5. The van der Waals surface area contributed by atoms with E-state index >= 15 is 0 Å². The van der Waals surface area contributed by atoms with Gasteiger partial charge in [0.05, 0.1) is 12.2 Å². The van der Waals surface area contributed by atoms with Gasteiger partial charge in [-0.25, -0.2) is 9.37 Å². The second kappa shape index (κ2) is 6.67. The Bertz CT molecular complexity index is 642. The van der Waals surface area contributed by atoms with Crippen molar-refractivity contribution in [1.82, 2.24) is 4.98 Å². The average Bonchev–Trinajstić information content (AvgIpc) is 2.87. The molecule has 1 heterocycles. The van der Waals surface area contributed by atoms with Crippen molar-refractivity contribution in [2.75, 3.05) is 16.8 Å². The molecule has 0 bridgehead atoms. The molecule has 4 nitrogen and oxygen atoms in total. The summed E-state index contributed by atoms with van der Waals surface area (Å²) in [4.78, 5) is 17.6. The predicted octanol–water partition coefficient (Wildman–Crippen LogP) is 3.58. The highest BCUT2D eigenvalue weighted by Gasteiger charge is 2.13. The molecule has 1 aromatic carbocycles. The summed E-state index contributed by atoms with van der Waals surface area (Å²) in [5.74, 6) is -0.255. The van der Waals surface area contributed by atoms with Gasteiger partial charge in [-0.2, -0.15) is 0 Å². The van der Waals surface area contributed by atoms with Crippen LogP contribution >= 0.6 is 11.3 Å². The number of carbonyl (C=O) groups excluding carboxylic acids is 1. The third-order valence-electron chi connectivity index (χ3n) is 3.12. The average molecular weight is 307 g/mol. The quantitative estimate of drug-likeness (QED) is 0.918. The van der Waals surface area contributed by atoms with E-state index in [-0.39, 0.29) is 11.7 Å². The highest BCUT2D eigenvalue weighted by atomic mass is 32.1. The van der Waals surface area contributed by atoms with Crippen LogP contribution in [-0.2, 0) is 11.3 Å². The molecule has 1 N–H and O–H groups in total. The number of hydrogen-bond acceptors (Lipinski definition) is 4. The Labute approximate surface area is 127 Å². The van der Waals surface area contributed by atoms with Crippen LogP contribution in [0.5, 0.6) is 0 Å². The van der Waals surface area contributed by atoms with Crippen LogP contribution in [0, 0.1) is 12.7 Å². The summed E-state index contributed by atoms with van der Waals surface area (Å²) in [7, 11) is 0. The van der Waals surface area contributed by atoms with Crippen molar-refractivity contribution in [2.45, 2.75) is 27.3 Å². The fourth-order valence-electron chi connectivity index (χ4n) is 2.01. The fraction of sp³-hybridized carbons (Fsp3) is 0.333. The number of rotatable bonds is 5. The smallest absolute Gasteiger partial charge is 0.225 e. The molecular formula is C15H18FN3OS. The first-order valence-corrected chi connectivity index (χ1v) is 7.61. The van der Waals surface area contributed by atoms with E-state index in [2.05, 4.69) is 10.3 Å². The van der Waals surface area contributed by atoms with Crippen molar-refractivity contribution in [3.63, 3.8) is 0 Å². The van der Waals surface area contributed by atoms with Gasteiger partial charge in [-0.3, -0.25) is 9.69 Å². The molecule has 0 saturated heterocycles. The van der Waals surface area contributed by atoms with E-state index in [4.69, 9.17) is 0 Å². The number of hydrogen-bond donors (Lipinski definition) is 1. The molecule has 0 unspecified atom stereocenters. The van der Waals surface area contributed by atoms with Crippen molar-refractivity contribution in [2.24, 2.45) is 0 Å². The van der Waals surface area contributed by atoms with E-state index in [1.165, 1.54) is 30.4 Å². The Balaban J connectivity index is 2.04. The van der Waals surface area contributed by atoms with Crippen LogP contribution in [0.4, 0.5) is 15.2 Å². The maximum Gasteiger partial charge on any atom is 0.225 e. The first-order valence-electron chi connectivity index (χ1n) is 6.73. The van der Waals surface area contributed by atoms with E-state index < -0.39 is 0 Å². The number of nitrogens with zero attached hydrogens (tertiary/aromatic N) is 2. The fourth-order valence-corrected chi connectivity index (χ4v) is 2.94. The zero-order valence-electron chi connectivity index (χ0n) is 12.3. The monoisotopic (exact) mass is 307 g/mol. The minimum atomic E-state index is -0.242. The number of aromatic nitrogens is 1. The van der Waals surface area contributed by atoms with Crippen LogP contribution < -0.4 is 10.2 Å². The Kier molecular flexibility index (Phi) is 4.90. The van der Waals surface area contributed by atoms with Gasteiger partial charge in [0.25, 0.3) is 0 Å². The molecule has 1 aromatic heterocycles. The molecule has 0 fully saturated rings. The number of nitrogens with one attached hydrogen (secondary N) is 1. The van der Waals surface area contributed by atoms with Gasteiger partial charge in [0.15, 0.2) is 5.13 Å². The van der Waals surface area contributed by atoms with Gasteiger partial charge in [-0.05, 0) is 37.6 Å². The molecule has 0 aliphatic carbocycles. The van der Waals surface area contributed by atoms with E-state index in [0.29, 0.717) is 18.2 Å². The van der Waals surface area contributed by atoms with E-state index in [0.717, 1.165) is 16.9 Å². The van der Waals surface area contributed by atoms with Crippen molar-refractivity contribution in [3.8, 4) is 0 Å². The molecule has 0 aliphatic heterocycles. The largest absolute Gasteiger partial charge is 0.379 e. The number of benzene rings is 1. The van der Waals surface area contributed by atoms with E-state index in [1.54, 1.807) is 11.0 Å². The third-order valence-corrected chi connectivity index (χ3v) is 4.03. The first kappa shape index (κ1) is 15.4. The molecule has 112 valence electrons. The molecular weight excluding hydrogens is 289 g/mol. The number of carbonyl (C=O) groups is 1. The highest BCUT2D eigenvalue weighted by molar-refractivity contribution is 7.14. The van der Waals surface area contributed by atoms with Crippen LogP contribution in [-0.4, -0.2) is 17.4 Å². The highest BCUT2D eigenvalue weighted by Crippen LogP contribution is 2.22. The van der Waals surface area contributed by atoms with Crippen LogP contribution in [0.2, 0.25) is 0 Å². The molecule has 0 atom stereocenters. The van der Waals surface area contributed by atoms with Crippen LogP contribution in [0.15, 0.2) is 23.6 Å². The molecule has 0 spiro atoms. The van der Waals surface area contributed by atoms with Gasteiger partial charge in [0.1, 0.15) is 5.82 Å². The molecule has 2 rings (SSSR count). The van der Waals surface area contributed by atoms with Gasteiger partial charge in [0.2, 0.25) is 5.91 Å². The summed E-state index contributed by atoms with van der Waals surface area (Å²) in [5.41, 5.74) is 2.59. The Morgan fingerprint density at radius 1 is 1.48 bits per heavy atom. The molecule has 2 aromatic rings. The van der Waals surface area contributed by atoms with Crippen LogP contribution in [0.25, 0.3) is 0 Å². The van der Waals surface area contributed by atoms with Crippen molar-refractivity contribution >= 4 is 28.1 Å². The third kappa shape index (κ3) is 3.78. The van der Waals surface area contributed by atoms with Gasteiger partial charge in [-0.15, -0.1) is 11.3 Å². The Hall–Kier alpha value is -1.95. The van der Waals surface area contributed by atoms with E-state index in [9.17, 15) is 9.18 Å². The van der Waals surface area contributed by atoms with Gasteiger partial charge in [-0.1, -0.05) is 0 Å². The lowest BCUT2D eigenvalue weighted by Crippen LogP contribution is -2.27. The van der Waals surface area contributed by atoms with Crippen molar-refractivity contribution in [3.05, 3.63) is 40.7 Å². The lowest BCUT2D eigenvalue weighted by Gasteiger charge is -2.14. The molecule has 0 saturated carbocycles. The Morgan fingerprint density at radius 2 is 2.24 bits per heavy atom. The molecule has 0 radical (unpaired) electrons. The number of thiazole rings is 1. The standard InChI is InChI=1S/C15H18FN3OS/c1-4-19(11(3)20)15-18-13(9-21-15)8-17-14-6-5-12(16)7-10(14)2/h5-7,9,17H,4,8H2,1-3H3. The lowest BCUT2D eigenvalue weighted by molar-refractivity contribution is -0.116. The minimum Gasteiger partial charge on any atom is -0.379 e. The maximum absolute atomic E-state index is 13.0. The van der Waals surface area contributed by atoms with Gasteiger partial charge in [0, 0.05) is 24.5 Å². The SMILES string of the molecule is CCN(C(C)=O)c1nc(CNc2ccc(F)cc2C)cs1. The lowest BCUT2D eigenvalue weighted by atomic mass is 10.2. The topological polar surface area (TPSA) is 45.2 Å². The molecule has 6 heteroatoms. The maximum atomic E-state index is 13.0. The summed E-state index contributed by atoms with van der Waals surface area (Å²) in [6.07, 6.45) is 0. The van der Waals surface area contributed by atoms with Gasteiger partial charge >= 0.3 is 0 Å². The summed E-state index contributed by atoms with van der Waals surface area (Å²) >= 11 is 1.45. The number of aryl methyl sites for hydroxylation is 1. The molecule has 0 aliphatic rings. The number of anilines is 2. The summed E-state index contributed by atoms with van der Waals surface area (Å²) < 4.78 is 13.0. The zero-order valence-corrected chi connectivity index (χ0v) is 13.1. The Morgan fingerprint density at radius 3 is 2.86 bits per heavy atom. The minimum absolute atomic E-state index is 0.0132. The second-order valence-corrected chi connectivity index (χ2v) is 5.53. The van der Waals surface area contributed by atoms with Gasteiger partial charge < -0.3 is 5.32 Å². The summed E-state index contributed by atoms with van der Waals surface area (Å²) in [6, 6.07) is 4.63. The van der Waals surface area contributed by atoms with Crippen LogP contribution in [0.3, 0.4) is 0 Å². The van der Waals surface area contributed by atoms with Crippen molar-refractivity contribution < 1.29 is 9.18 Å². The number of amides is 1. The van der Waals surface area contributed by atoms with E-state index in [1.807, 2.05) is 19.2 Å². The molecule has 21 heavy (non-hydrogen) atoms. The molecule has 1 amide bonds. The summed E-state index contributed by atoms with van der Waals surface area (Å²) in [6.45, 7) is 6.45.